The maximum absolute atomic E-state index is 5.17. The number of likely N-dealkylation sites (N-methyl/N-ethyl adjacent to an activating group) is 1. The lowest BCUT2D eigenvalue weighted by Gasteiger charge is -2.33. The number of hydrogen-bond donors (Lipinski definition) is 0. The van der Waals surface area contributed by atoms with E-state index in [1.54, 1.807) is 13.3 Å². The highest BCUT2D eigenvalue weighted by molar-refractivity contribution is 5.48. The van der Waals surface area contributed by atoms with Gasteiger partial charge >= 0.3 is 0 Å². The molecule has 2 rings (SSSR count). The molecule has 0 atom stereocenters. The van der Waals surface area contributed by atoms with Crippen LogP contribution in [0.4, 0.5) is 5.69 Å². The van der Waals surface area contributed by atoms with E-state index in [4.69, 9.17) is 4.74 Å². The number of nitrogens with zero attached hydrogens (tertiary/aromatic N) is 3. The molecule has 0 saturated carbocycles. The quantitative estimate of drug-likeness (QED) is 0.718. The second-order valence-corrected chi connectivity index (χ2v) is 3.87. The average molecular weight is 207 g/mol. The Bertz CT molecular complexity index is 321. The van der Waals surface area contributed by atoms with Crippen LogP contribution in [0.1, 0.15) is 0 Å². The smallest absolute Gasteiger partial charge is 0.139 e. The molecule has 0 unspecified atom stereocenters. The third-order valence-corrected chi connectivity index (χ3v) is 2.80. The molecule has 82 valence electrons. The molecule has 0 radical (unpaired) electrons. The molecule has 1 aromatic rings. The fourth-order valence-corrected chi connectivity index (χ4v) is 1.76. The van der Waals surface area contributed by atoms with Crippen molar-refractivity contribution in [3.05, 3.63) is 18.5 Å². The van der Waals surface area contributed by atoms with E-state index >= 15 is 0 Å². The molecule has 4 heteroatoms. The van der Waals surface area contributed by atoms with Crippen LogP contribution in [-0.2, 0) is 0 Å². The fraction of sp³-hybridized carbons (Fsp3) is 0.545. The number of methoxy groups -OCH3 is 1. The molecule has 1 saturated heterocycles. The standard InChI is InChI=1S/C11H17N3O/c1-13-3-5-14(6-4-13)10-7-11(15-2)9-12-8-10/h7-9H,3-6H2,1-2H3. The van der Waals surface area contributed by atoms with Crippen LogP contribution < -0.4 is 9.64 Å². The summed E-state index contributed by atoms with van der Waals surface area (Å²) >= 11 is 0. The van der Waals surface area contributed by atoms with Gasteiger partial charge in [-0.2, -0.15) is 0 Å². The van der Waals surface area contributed by atoms with Crippen molar-refractivity contribution in [3.63, 3.8) is 0 Å². The number of rotatable bonds is 2. The zero-order valence-corrected chi connectivity index (χ0v) is 9.31. The van der Waals surface area contributed by atoms with Crippen LogP contribution in [0.2, 0.25) is 0 Å². The van der Waals surface area contributed by atoms with E-state index in [2.05, 4.69) is 21.8 Å². The molecular weight excluding hydrogens is 190 g/mol. The van der Waals surface area contributed by atoms with Gasteiger partial charge in [-0.25, -0.2) is 0 Å². The fourth-order valence-electron chi connectivity index (χ4n) is 1.76. The number of pyridine rings is 1. The molecule has 0 aromatic carbocycles. The number of anilines is 1. The molecule has 4 nitrogen and oxygen atoms in total. The normalized spacial score (nSPS) is 17.9. The van der Waals surface area contributed by atoms with Gasteiger partial charge in [-0.3, -0.25) is 4.98 Å². The predicted octanol–water partition coefficient (Wildman–Crippen LogP) is 0.842. The summed E-state index contributed by atoms with van der Waals surface area (Å²) in [5.41, 5.74) is 1.16. The zero-order valence-electron chi connectivity index (χ0n) is 9.31. The van der Waals surface area contributed by atoms with Gasteiger partial charge in [0.05, 0.1) is 25.2 Å². The van der Waals surface area contributed by atoms with E-state index in [-0.39, 0.29) is 0 Å². The molecule has 0 amide bonds. The first-order valence-electron chi connectivity index (χ1n) is 5.22. The Labute approximate surface area is 90.5 Å². The summed E-state index contributed by atoms with van der Waals surface area (Å²) in [5, 5.41) is 0. The van der Waals surface area contributed by atoms with Crippen molar-refractivity contribution < 1.29 is 4.74 Å². The summed E-state index contributed by atoms with van der Waals surface area (Å²) < 4.78 is 5.17. The van der Waals surface area contributed by atoms with Crippen molar-refractivity contribution >= 4 is 5.69 Å². The minimum Gasteiger partial charge on any atom is -0.495 e. The monoisotopic (exact) mass is 207 g/mol. The maximum atomic E-state index is 5.17. The summed E-state index contributed by atoms with van der Waals surface area (Å²) in [6.45, 7) is 4.34. The van der Waals surface area contributed by atoms with Gasteiger partial charge in [0.25, 0.3) is 0 Å². The molecule has 1 aliphatic heterocycles. The number of ether oxygens (including phenoxy) is 1. The van der Waals surface area contributed by atoms with Crippen LogP contribution in [0.15, 0.2) is 18.5 Å². The third-order valence-electron chi connectivity index (χ3n) is 2.80. The van der Waals surface area contributed by atoms with Crippen LogP contribution in [0.3, 0.4) is 0 Å². The van der Waals surface area contributed by atoms with Crippen molar-refractivity contribution in [1.82, 2.24) is 9.88 Å². The molecule has 0 spiro atoms. The first-order chi connectivity index (χ1) is 7.29. The SMILES string of the molecule is COc1cncc(N2CCN(C)CC2)c1. The van der Waals surface area contributed by atoms with E-state index < -0.39 is 0 Å². The Morgan fingerprint density at radius 3 is 2.60 bits per heavy atom. The minimum absolute atomic E-state index is 0.825. The molecule has 0 bridgehead atoms. The van der Waals surface area contributed by atoms with Gasteiger partial charge in [0.15, 0.2) is 0 Å². The van der Waals surface area contributed by atoms with Gasteiger partial charge in [0.1, 0.15) is 5.75 Å². The molecule has 0 N–H and O–H groups in total. The van der Waals surface area contributed by atoms with Crippen LogP contribution >= 0.6 is 0 Å². The summed E-state index contributed by atoms with van der Waals surface area (Å²) in [6, 6.07) is 2.04. The molecule has 0 aliphatic carbocycles. The highest BCUT2D eigenvalue weighted by atomic mass is 16.5. The van der Waals surface area contributed by atoms with Gasteiger partial charge in [0.2, 0.25) is 0 Å². The van der Waals surface area contributed by atoms with E-state index in [1.165, 1.54) is 0 Å². The second kappa shape index (κ2) is 4.49. The molecule has 1 fully saturated rings. The van der Waals surface area contributed by atoms with Crippen LogP contribution in [0.5, 0.6) is 5.75 Å². The van der Waals surface area contributed by atoms with Crippen molar-refractivity contribution in [2.75, 3.05) is 45.2 Å². The van der Waals surface area contributed by atoms with Crippen molar-refractivity contribution in [3.8, 4) is 5.75 Å². The molecular formula is C11H17N3O. The Morgan fingerprint density at radius 2 is 1.93 bits per heavy atom. The molecule has 2 heterocycles. The van der Waals surface area contributed by atoms with Gasteiger partial charge < -0.3 is 14.5 Å². The molecule has 1 aromatic heterocycles. The highest BCUT2D eigenvalue weighted by Gasteiger charge is 2.14. The Kier molecular flexibility index (Phi) is 3.06. The molecule has 1 aliphatic rings. The van der Waals surface area contributed by atoms with Crippen molar-refractivity contribution in [2.45, 2.75) is 0 Å². The number of aromatic nitrogens is 1. The lowest BCUT2D eigenvalue weighted by atomic mass is 10.3. The van der Waals surface area contributed by atoms with E-state index in [1.807, 2.05) is 12.3 Å². The van der Waals surface area contributed by atoms with Gasteiger partial charge in [0, 0.05) is 32.2 Å². The summed E-state index contributed by atoms with van der Waals surface area (Å²) in [6.07, 6.45) is 3.63. The van der Waals surface area contributed by atoms with E-state index in [0.717, 1.165) is 37.6 Å². The lowest BCUT2D eigenvalue weighted by Crippen LogP contribution is -2.44. The number of piperazine rings is 1. The van der Waals surface area contributed by atoms with Gasteiger partial charge in [-0.05, 0) is 7.05 Å². The van der Waals surface area contributed by atoms with Crippen molar-refractivity contribution in [2.24, 2.45) is 0 Å². The Morgan fingerprint density at radius 1 is 1.20 bits per heavy atom. The van der Waals surface area contributed by atoms with Crippen molar-refractivity contribution in [1.29, 1.82) is 0 Å². The largest absolute Gasteiger partial charge is 0.495 e. The lowest BCUT2D eigenvalue weighted by molar-refractivity contribution is 0.312. The summed E-state index contributed by atoms with van der Waals surface area (Å²) in [4.78, 5) is 8.85. The second-order valence-electron chi connectivity index (χ2n) is 3.87. The van der Waals surface area contributed by atoms with Crippen LogP contribution in [0.25, 0.3) is 0 Å². The predicted molar refractivity (Wildman–Crippen MR) is 60.5 cm³/mol. The summed E-state index contributed by atoms with van der Waals surface area (Å²) in [7, 11) is 3.83. The third kappa shape index (κ3) is 2.39. The van der Waals surface area contributed by atoms with E-state index in [0.29, 0.717) is 0 Å². The first kappa shape index (κ1) is 10.2. The average Bonchev–Trinajstić information content (AvgIpc) is 2.30. The zero-order chi connectivity index (χ0) is 10.7. The number of hydrogen-bond acceptors (Lipinski definition) is 4. The Balaban J connectivity index is 2.08. The Hall–Kier alpha value is -1.29. The molecule has 15 heavy (non-hydrogen) atoms. The summed E-state index contributed by atoms with van der Waals surface area (Å²) in [5.74, 6) is 0.825. The van der Waals surface area contributed by atoms with Gasteiger partial charge in [-0.15, -0.1) is 0 Å². The van der Waals surface area contributed by atoms with Crippen LogP contribution in [0, 0.1) is 0 Å². The topological polar surface area (TPSA) is 28.6 Å². The van der Waals surface area contributed by atoms with E-state index in [9.17, 15) is 0 Å². The minimum atomic E-state index is 0.825. The first-order valence-corrected chi connectivity index (χ1v) is 5.22. The van der Waals surface area contributed by atoms with Gasteiger partial charge in [-0.1, -0.05) is 0 Å². The maximum Gasteiger partial charge on any atom is 0.139 e. The van der Waals surface area contributed by atoms with Crippen LogP contribution in [-0.4, -0.2) is 50.2 Å². The highest BCUT2D eigenvalue weighted by Crippen LogP contribution is 2.19.